The molecule has 0 aliphatic rings. The van der Waals surface area contributed by atoms with Gasteiger partial charge in [-0.2, -0.15) is 0 Å². The van der Waals surface area contributed by atoms with Gasteiger partial charge in [-0.3, -0.25) is 9.78 Å². The van der Waals surface area contributed by atoms with Crippen LogP contribution in [0.1, 0.15) is 10.4 Å². The zero-order valence-electron chi connectivity index (χ0n) is 6.53. The SMILES string of the molecule is O=Cc1cnc2oc[c-]c2c1.[Am].[Y]. The van der Waals surface area contributed by atoms with Crippen molar-refractivity contribution in [3.05, 3.63) is 30.2 Å². The number of carbonyl (C=O) groups is 1. The molecule has 0 bridgehead atoms. The smallest absolute Gasteiger partial charge is 0.139 e. The van der Waals surface area contributed by atoms with Gasteiger partial charge in [0.25, 0.3) is 0 Å². The van der Waals surface area contributed by atoms with Gasteiger partial charge in [0.05, 0.1) is 0 Å². The summed E-state index contributed by atoms with van der Waals surface area (Å²) in [7, 11) is 0. The molecule has 0 aromatic carbocycles. The van der Waals surface area contributed by atoms with Gasteiger partial charge in [-0.15, -0.1) is 17.5 Å². The number of furan rings is 1. The molecule has 0 aliphatic heterocycles. The fraction of sp³-hybridized carbons (Fsp3) is 0. The van der Waals surface area contributed by atoms with E-state index in [1.165, 1.54) is 12.5 Å². The Morgan fingerprint density at radius 3 is 3.00 bits per heavy atom. The maximum absolute atomic E-state index is 10.3. The molecule has 64 valence electrons. The standard InChI is InChI=1S/C8H4NO2.Am.Y/c10-5-6-3-7-1-2-11-8(7)9-4-6;;/h2-5H;;/q-1;;. The van der Waals surface area contributed by atoms with Crippen LogP contribution in [-0.4, -0.2) is 11.3 Å². The van der Waals surface area contributed by atoms with Crippen LogP contribution < -0.4 is 0 Å². The van der Waals surface area contributed by atoms with Crippen molar-refractivity contribution in [1.29, 1.82) is 0 Å². The number of rotatable bonds is 1. The molecule has 2 rings (SSSR count). The Hall–Kier alpha value is -0.146. The molecule has 0 saturated heterocycles. The summed E-state index contributed by atoms with van der Waals surface area (Å²) < 4.78 is 4.93. The number of aldehydes is 1. The summed E-state index contributed by atoms with van der Waals surface area (Å²) in [4.78, 5) is 14.2. The maximum Gasteiger partial charge on any atom is 0.139 e. The maximum atomic E-state index is 10.3. The van der Waals surface area contributed by atoms with Gasteiger partial charge in [-0.25, -0.2) is 0 Å². The molecule has 0 atom stereocenters. The predicted octanol–water partition coefficient (Wildman–Crippen LogP) is 1.44. The van der Waals surface area contributed by atoms with Crippen LogP contribution in [0.25, 0.3) is 11.1 Å². The predicted molar refractivity (Wildman–Crippen MR) is 38.2 cm³/mol. The molecule has 2 aromatic heterocycles. The first-order valence-corrected chi connectivity index (χ1v) is 3.10. The van der Waals surface area contributed by atoms with Crippen LogP contribution in [0.2, 0.25) is 0 Å². The Bertz CT molecular complexity index is 402. The summed E-state index contributed by atoms with van der Waals surface area (Å²) in [6, 6.07) is 4.49. The molecule has 0 saturated carbocycles. The summed E-state index contributed by atoms with van der Waals surface area (Å²) in [6.07, 6.45) is 3.63. The van der Waals surface area contributed by atoms with Gasteiger partial charge in [0.2, 0.25) is 0 Å². The number of pyridine rings is 1. The van der Waals surface area contributed by atoms with Gasteiger partial charge in [-0.05, 0) is 5.56 Å². The minimum absolute atomic E-state index is 0. The molecule has 0 amide bonds. The van der Waals surface area contributed by atoms with Crippen LogP contribution in [-0.2, 0) is 32.7 Å². The Balaban J connectivity index is 0.000000720. The third kappa shape index (κ3) is 2.65. The Morgan fingerprint density at radius 1 is 1.54 bits per heavy atom. The number of hydrogen-bond acceptors (Lipinski definition) is 3. The summed E-state index contributed by atoms with van der Waals surface area (Å²) in [5.41, 5.74) is 1.05. The largest absolute Gasteiger partial charge is 0.518 e. The molecule has 2 aromatic rings. The molecular weight excluding hydrogens is 474 g/mol. The van der Waals surface area contributed by atoms with Crippen molar-refractivity contribution in [2.45, 2.75) is 0 Å². The van der Waals surface area contributed by atoms with Crippen molar-refractivity contribution in [3.8, 4) is 0 Å². The van der Waals surface area contributed by atoms with Gasteiger partial charge >= 0.3 is 0 Å². The summed E-state index contributed by atoms with van der Waals surface area (Å²) in [6.45, 7) is 0. The number of hydrogen-bond donors (Lipinski definition) is 0. The first-order valence-electron chi connectivity index (χ1n) is 3.10. The van der Waals surface area contributed by atoms with Crippen molar-refractivity contribution in [3.63, 3.8) is 0 Å². The van der Waals surface area contributed by atoms with E-state index in [9.17, 15) is 4.79 Å². The molecule has 3 nitrogen and oxygen atoms in total. The topological polar surface area (TPSA) is 43.1 Å². The third-order valence-corrected chi connectivity index (χ3v) is 1.39. The normalized spacial score (nSPS) is 8.62. The minimum atomic E-state index is 0. The average Bonchev–Trinajstić information content (AvgIpc) is 2.50. The fourth-order valence-corrected chi connectivity index (χ4v) is 0.879. The molecule has 2 heterocycles. The van der Waals surface area contributed by atoms with Gasteiger partial charge in [0.1, 0.15) is 12.0 Å². The molecule has 0 aliphatic carbocycles. The van der Waals surface area contributed by atoms with Crippen molar-refractivity contribution in [2.75, 3.05) is 0 Å². The number of carbonyl (C=O) groups excluding carboxylic acids is 1. The molecule has 0 N–H and O–H groups in total. The van der Waals surface area contributed by atoms with Crippen molar-refractivity contribution in [2.24, 2.45) is 0 Å². The second-order valence-corrected chi connectivity index (χ2v) is 2.12. The Kier molecular flexibility index (Phi) is 5.49. The van der Waals surface area contributed by atoms with E-state index in [4.69, 9.17) is 4.42 Å². The monoisotopic (exact) mass is 476 g/mol. The van der Waals surface area contributed by atoms with Crippen LogP contribution in [0.15, 0.2) is 22.9 Å². The first-order chi connectivity index (χ1) is 5.40. The third-order valence-electron chi connectivity index (χ3n) is 1.39. The first kappa shape index (κ1) is 12.9. The van der Waals surface area contributed by atoms with E-state index >= 15 is 0 Å². The summed E-state index contributed by atoms with van der Waals surface area (Å²) in [5.74, 6) is 0. The van der Waals surface area contributed by atoms with E-state index in [0.29, 0.717) is 11.3 Å². The van der Waals surface area contributed by atoms with E-state index in [1.807, 2.05) is 0 Å². The summed E-state index contributed by atoms with van der Waals surface area (Å²) >= 11 is 0. The number of fused-ring (bicyclic) bond motifs is 1. The van der Waals surface area contributed by atoms with E-state index in [1.54, 1.807) is 6.07 Å². The van der Waals surface area contributed by atoms with Crippen LogP contribution in [0.3, 0.4) is 0 Å². The molecule has 0 unspecified atom stereocenters. The summed E-state index contributed by atoms with van der Waals surface area (Å²) in [5, 5.41) is 0.731. The second kappa shape index (κ2) is 5.56. The van der Waals surface area contributed by atoms with E-state index in [2.05, 4.69) is 11.1 Å². The minimum Gasteiger partial charge on any atom is -0.518 e. The van der Waals surface area contributed by atoms with E-state index in [-0.39, 0.29) is 47.0 Å². The van der Waals surface area contributed by atoms with Crippen molar-refractivity contribution in [1.82, 2.24) is 4.98 Å². The zero-order chi connectivity index (χ0) is 7.68. The van der Waals surface area contributed by atoms with Gasteiger partial charge in [0.15, 0.2) is 0 Å². The molecule has 0 spiro atoms. The van der Waals surface area contributed by atoms with Gasteiger partial charge in [-0.1, -0.05) is 0 Å². The van der Waals surface area contributed by atoms with Gasteiger partial charge in [0, 0.05) is 59.5 Å². The van der Waals surface area contributed by atoms with Crippen molar-refractivity contribution < 1.29 is 56.2 Å². The van der Waals surface area contributed by atoms with Crippen LogP contribution >= 0.6 is 0 Å². The van der Waals surface area contributed by atoms with Gasteiger partial charge < -0.3 is 4.42 Å². The Labute approximate surface area is 108 Å². The zero-order valence-corrected chi connectivity index (χ0v) is 12.5. The van der Waals surface area contributed by atoms with E-state index < -0.39 is 0 Å². The van der Waals surface area contributed by atoms with Crippen molar-refractivity contribution >= 4 is 17.4 Å². The average molecular weight is 478 g/mol. The molecular formula is C8H4AmNO2Y-. The molecule has 0 fully saturated rings. The molecule has 5 heteroatoms. The number of nitrogens with zero attached hydrogens (tertiary/aromatic N) is 1. The fourth-order valence-electron chi connectivity index (χ4n) is 0.879. The van der Waals surface area contributed by atoms with Crippen LogP contribution in [0.5, 0.6) is 0 Å². The Morgan fingerprint density at radius 2 is 2.31 bits per heavy atom. The quantitative estimate of drug-likeness (QED) is 0.461. The molecule has 13 heavy (non-hydrogen) atoms. The van der Waals surface area contributed by atoms with Crippen LogP contribution in [0.4, 0.5) is 0 Å². The van der Waals surface area contributed by atoms with E-state index in [0.717, 1.165) is 11.7 Å². The van der Waals surface area contributed by atoms with Crippen LogP contribution in [0, 0.1) is 20.3 Å². The second-order valence-electron chi connectivity index (χ2n) is 2.12. The number of aromatic nitrogens is 1. The molecule has 2 radical (unpaired) electrons.